The lowest BCUT2D eigenvalue weighted by Gasteiger charge is -2.05. The Labute approximate surface area is 103 Å². The number of aliphatic carboxylic acids is 1. The number of carbonyl (C=O) groups is 2. The summed E-state index contributed by atoms with van der Waals surface area (Å²) in [5.74, 6) is -2.21. The van der Waals surface area contributed by atoms with Gasteiger partial charge in [-0.15, -0.1) is 0 Å². The van der Waals surface area contributed by atoms with E-state index in [0.29, 0.717) is 5.75 Å². The van der Waals surface area contributed by atoms with Crippen molar-refractivity contribution in [2.75, 3.05) is 7.11 Å². The van der Waals surface area contributed by atoms with Crippen molar-refractivity contribution in [2.45, 2.75) is 6.92 Å². The molecule has 0 radical (unpaired) electrons. The zero-order valence-corrected chi connectivity index (χ0v) is 9.86. The fourth-order valence-corrected chi connectivity index (χ4v) is 1.25. The van der Waals surface area contributed by atoms with Gasteiger partial charge < -0.3 is 15.2 Å². The van der Waals surface area contributed by atoms with E-state index in [1.54, 1.807) is 0 Å². The summed E-state index contributed by atoms with van der Waals surface area (Å²) in [6, 6.07) is 3.97. The molecule has 96 valence electrons. The number of benzene rings is 1. The highest BCUT2D eigenvalue weighted by Gasteiger charge is 2.11. The number of amides is 1. The number of hydrogen-bond donors (Lipinski definition) is 2. The van der Waals surface area contributed by atoms with E-state index in [1.165, 1.54) is 26.2 Å². The molecule has 1 aromatic carbocycles. The molecule has 1 rings (SSSR count). The molecule has 0 bridgehead atoms. The molecule has 0 saturated carbocycles. The number of halogens is 1. The molecule has 0 saturated heterocycles. The molecule has 0 aliphatic rings. The van der Waals surface area contributed by atoms with Crippen LogP contribution < -0.4 is 10.1 Å². The summed E-state index contributed by atoms with van der Waals surface area (Å²) in [6.07, 6.45) is 1.04. The summed E-state index contributed by atoms with van der Waals surface area (Å²) in [5.41, 5.74) is -0.353. The minimum absolute atomic E-state index is 0.0435. The summed E-state index contributed by atoms with van der Waals surface area (Å²) < 4.78 is 18.4. The number of ether oxygens (including phenoxy) is 1. The van der Waals surface area contributed by atoms with E-state index in [1.807, 2.05) is 0 Å². The molecular formula is C12H12FNO4. The third-order valence-electron chi connectivity index (χ3n) is 2.05. The predicted octanol–water partition coefficient (Wildman–Crippen LogP) is 1.40. The summed E-state index contributed by atoms with van der Waals surface area (Å²) in [5, 5.41) is 11.0. The van der Waals surface area contributed by atoms with Crippen LogP contribution in [-0.4, -0.2) is 24.1 Å². The van der Waals surface area contributed by atoms with Crippen molar-refractivity contribution < 1.29 is 23.8 Å². The van der Waals surface area contributed by atoms with Gasteiger partial charge in [-0.2, -0.15) is 0 Å². The van der Waals surface area contributed by atoms with Crippen molar-refractivity contribution in [2.24, 2.45) is 0 Å². The third-order valence-corrected chi connectivity index (χ3v) is 2.05. The Bertz CT molecular complexity index is 511. The van der Waals surface area contributed by atoms with Crippen LogP contribution in [0, 0.1) is 5.82 Å². The van der Waals surface area contributed by atoms with Gasteiger partial charge in [0.1, 0.15) is 17.3 Å². The Morgan fingerprint density at radius 1 is 1.44 bits per heavy atom. The Hall–Kier alpha value is -2.37. The first-order valence-electron chi connectivity index (χ1n) is 5.00. The first-order chi connectivity index (χ1) is 8.43. The van der Waals surface area contributed by atoms with Gasteiger partial charge in [-0.3, -0.25) is 4.79 Å². The van der Waals surface area contributed by atoms with Crippen molar-refractivity contribution >= 4 is 18.0 Å². The van der Waals surface area contributed by atoms with Crippen LogP contribution >= 0.6 is 0 Å². The van der Waals surface area contributed by atoms with Crippen molar-refractivity contribution in [3.63, 3.8) is 0 Å². The van der Waals surface area contributed by atoms with Crippen molar-refractivity contribution in [3.05, 3.63) is 35.3 Å². The van der Waals surface area contributed by atoms with Crippen LogP contribution in [0.1, 0.15) is 12.5 Å². The Morgan fingerprint density at radius 3 is 2.56 bits per heavy atom. The van der Waals surface area contributed by atoms with Gasteiger partial charge in [-0.25, -0.2) is 9.18 Å². The van der Waals surface area contributed by atoms with Gasteiger partial charge in [0.15, 0.2) is 0 Å². The zero-order valence-electron chi connectivity index (χ0n) is 9.86. The van der Waals surface area contributed by atoms with Crippen LogP contribution in [0.2, 0.25) is 0 Å². The maximum Gasteiger partial charge on any atom is 0.352 e. The maximum absolute atomic E-state index is 13.6. The van der Waals surface area contributed by atoms with Gasteiger partial charge >= 0.3 is 5.97 Å². The lowest BCUT2D eigenvalue weighted by Crippen LogP contribution is -2.24. The van der Waals surface area contributed by atoms with Crippen LogP contribution in [-0.2, 0) is 9.59 Å². The maximum atomic E-state index is 13.6. The highest BCUT2D eigenvalue weighted by Crippen LogP contribution is 2.18. The lowest BCUT2D eigenvalue weighted by atomic mass is 10.1. The SMILES string of the molecule is COc1ccc(C=C(NC(C)=O)C(=O)O)c(F)c1. The number of rotatable bonds is 4. The number of carboxylic acid groups (broad SMARTS) is 1. The number of methoxy groups -OCH3 is 1. The van der Waals surface area contributed by atoms with Gasteiger partial charge in [0.2, 0.25) is 5.91 Å². The molecule has 0 spiro atoms. The van der Waals surface area contributed by atoms with Crippen molar-refractivity contribution in [1.82, 2.24) is 5.32 Å². The standard InChI is InChI=1S/C12H12FNO4/c1-7(15)14-11(12(16)17)5-8-3-4-9(18-2)6-10(8)13/h3-6H,1-2H3,(H,14,15)(H,16,17). The molecule has 0 heterocycles. The summed E-state index contributed by atoms with van der Waals surface area (Å²) >= 11 is 0. The summed E-state index contributed by atoms with van der Waals surface area (Å²) in [4.78, 5) is 21.6. The fourth-order valence-electron chi connectivity index (χ4n) is 1.25. The molecule has 2 N–H and O–H groups in total. The molecule has 0 aliphatic carbocycles. The molecule has 18 heavy (non-hydrogen) atoms. The molecule has 6 heteroatoms. The highest BCUT2D eigenvalue weighted by molar-refractivity contribution is 5.96. The molecular weight excluding hydrogens is 241 g/mol. The normalized spacial score (nSPS) is 10.9. The predicted molar refractivity (Wildman–Crippen MR) is 62.4 cm³/mol. The molecule has 0 unspecified atom stereocenters. The van der Waals surface area contributed by atoms with Crippen LogP contribution in [0.15, 0.2) is 23.9 Å². The van der Waals surface area contributed by atoms with Crippen LogP contribution in [0.25, 0.3) is 6.08 Å². The van der Waals surface area contributed by atoms with E-state index >= 15 is 0 Å². The largest absolute Gasteiger partial charge is 0.497 e. The highest BCUT2D eigenvalue weighted by atomic mass is 19.1. The smallest absolute Gasteiger partial charge is 0.352 e. The minimum Gasteiger partial charge on any atom is -0.497 e. The van der Waals surface area contributed by atoms with E-state index in [-0.39, 0.29) is 5.56 Å². The van der Waals surface area contributed by atoms with Gasteiger partial charge in [-0.05, 0) is 18.2 Å². The third kappa shape index (κ3) is 3.58. The van der Waals surface area contributed by atoms with Crippen LogP contribution in [0.4, 0.5) is 4.39 Å². The summed E-state index contributed by atoms with van der Waals surface area (Å²) in [7, 11) is 1.39. The Kier molecular flexibility index (Phi) is 4.42. The fraction of sp³-hybridized carbons (Fsp3) is 0.167. The molecule has 1 amide bonds. The van der Waals surface area contributed by atoms with E-state index in [2.05, 4.69) is 5.32 Å². The molecule has 0 atom stereocenters. The second kappa shape index (κ2) is 5.81. The van der Waals surface area contributed by atoms with Gasteiger partial charge in [0.05, 0.1) is 7.11 Å². The molecule has 0 fully saturated rings. The van der Waals surface area contributed by atoms with E-state index < -0.39 is 23.4 Å². The van der Waals surface area contributed by atoms with E-state index in [9.17, 15) is 14.0 Å². The minimum atomic E-state index is -1.35. The average molecular weight is 253 g/mol. The number of carbonyl (C=O) groups excluding carboxylic acids is 1. The van der Waals surface area contributed by atoms with Crippen molar-refractivity contribution in [3.8, 4) is 5.75 Å². The topological polar surface area (TPSA) is 75.6 Å². The molecule has 0 aromatic heterocycles. The Balaban J connectivity index is 3.11. The van der Waals surface area contributed by atoms with Crippen LogP contribution in [0.5, 0.6) is 5.75 Å². The van der Waals surface area contributed by atoms with Gasteiger partial charge in [0, 0.05) is 18.6 Å². The van der Waals surface area contributed by atoms with Gasteiger partial charge in [0.25, 0.3) is 0 Å². The van der Waals surface area contributed by atoms with Gasteiger partial charge in [-0.1, -0.05) is 0 Å². The monoisotopic (exact) mass is 253 g/mol. The van der Waals surface area contributed by atoms with E-state index in [4.69, 9.17) is 9.84 Å². The van der Waals surface area contributed by atoms with E-state index in [0.717, 1.165) is 12.1 Å². The quantitative estimate of drug-likeness (QED) is 0.795. The van der Waals surface area contributed by atoms with Crippen molar-refractivity contribution in [1.29, 1.82) is 0 Å². The average Bonchev–Trinajstić information content (AvgIpc) is 2.29. The zero-order chi connectivity index (χ0) is 13.7. The summed E-state index contributed by atoms with van der Waals surface area (Å²) in [6.45, 7) is 1.17. The molecule has 0 aliphatic heterocycles. The second-order valence-corrected chi connectivity index (χ2v) is 3.43. The first kappa shape index (κ1) is 13.7. The van der Waals surface area contributed by atoms with Crippen LogP contribution in [0.3, 0.4) is 0 Å². The number of nitrogens with one attached hydrogen (secondary N) is 1. The first-order valence-corrected chi connectivity index (χ1v) is 5.00. The number of hydrogen-bond acceptors (Lipinski definition) is 3. The molecule has 1 aromatic rings. The Morgan fingerprint density at radius 2 is 2.11 bits per heavy atom. The lowest BCUT2D eigenvalue weighted by molar-refractivity contribution is -0.134. The second-order valence-electron chi connectivity index (χ2n) is 3.43. The number of carboxylic acids is 1. The molecule has 5 nitrogen and oxygen atoms in total.